The monoisotopic (exact) mass is 282 g/mol. The standard InChI is InChI=1S/C15H22OS2/c1-4-12-7-5-8-13(11-12)14(2,16)15(3)17-9-6-10-18-15/h5,7-8,11,16H,4,6,9-10H2,1-3H3. The first kappa shape index (κ1) is 14.3. The Kier molecular flexibility index (Phi) is 4.35. The van der Waals surface area contributed by atoms with Gasteiger partial charge in [0.2, 0.25) is 0 Å². The number of hydrogen-bond acceptors (Lipinski definition) is 3. The highest BCUT2D eigenvalue weighted by molar-refractivity contribution is 8.18. The minimum atomic E-state index is -0.784. The van der Waals surface area contributed by atoms with E-state index in [4.69, 9.17) is 0 Å². The van der Waals surface area contributed by atoms with Crippen molar-refractivity contribution in [1.29, 1.82) is 0 Å². The molecule has 0 aromatic heterocycles. The van der Waals surface area contributed by atoms with Crippen LogP contribution in [0.1, 0.15) is 38.3 Å². The highest BCUT2D eigenvalue weighted by Gasteiger charge is 2.46. The van der Waals surface area contributed by atoms with Crippen molar-refractivity contribution in [2.45, 2.75) is 43.3 Å². The zero-order valence-electron chi connectivity index (χ0n) is 11.4. The SMILES string of the molecule is CCc1cccc(C(C)(O)C2(C)SCCCS2)c1. The summed E-state index contributed by atoms with van der Waals surface area (Å²) in [6.45, 7) is 6.30. The molecule has 1 aliphatic heterocycles. The second-order valence-corrected chi connectivity index (χ2v) is 8.41. The highest BCUT2D eigenvalue weighted by atomic mass is 32.2. The minimum absolute atomic E-state index is 0.141. The average molecular weight is 282 g/mol. The molecule has 1 nitrogen and oxygen atoms in total. The molecule has 100 valence electrons. The van der Waals surface area contributed by atoms with Gasteiger partial charge >= 0.3 is 0 Å². The molecule has 0 spiro atoms. The lowest BCUT2D eigenvalue weighted by molar-refractivity contribution is 0.0487. The molecule has 1 aromatic carbocycles. The van der Waals surface area contributed by atoms with Crippen LogP contribution in [0, 0.1) is 0 Å². The molecule has 0 bridgehead atoms. The van der Waals surface area contributed by atoms with Crippen LogP contribution in [0.5, 0.6) is 0 Å². The van der Waals surface area contributed by atoms with Crippen LogP contribution in [0.25, 0.3) is 0 Å². The molecule has 1 heterocycles. The second kappa shape index (κ2) is 5.48. The molecule has 1 unspecified atom stereocenters. The first-order chi connectivity index (χ1) is 8.49. The maximum absolute atomic E-state index is 11.0. The van der Waals surface area contributed by atoms with Crippen molar-refractivity contribution < 1.29 is 5.11 Å². The smallest absolute Gasteiger partial charge is 0.110 e. The number of benzene rings is 1. The average Bonchev–Trinajstić information content (AvgIpc) is 2.39. The summed E-state index contributed by atoms with van der Waals surface area (Å²) in [7, 11) is 0. The van der Waals surface area contributed by atoms with E-state index < -0.39 is 5.60 Å². The highest BCUT2D eigenvalue weighted by Crippen LogP contribution is 2.53. The Labute approximate surface area is 119 Å². The first-order valence-corrected chi connectivity index (χ1v) is 8.56. The molecule has 18 heavy (non-hydrogen) atoms. The summed E-state index contributed by atoms with van der Waals surface area (Å²) >= 11 is 3.79. The van der Waals surface area contributed by atoms with E-state index in [1.54, 1.807) is 0 Å². The molecule has 1 saturated heterocycles. The van der Waals surface area contributed by atoms with Crippen molar-refractivity contribution in [1.82, 2.24) is 0 Å². The van der Waals surface area contributed by atoms with Crippen molar-refractivity contribution in [2.75, 3.05) is 11.5 Å². The van der Waals surface area contributed by atoms with Gasteiger partial charge in [0.25, 0.3) is 0 Å². The minimum Gasteiger partial charge on any atom is -0.383 e. The normalized spacial score (nSPS) is 22.4. The van der Waals surface area contributed by atoms with Crippen molar-refractivity contribution in [3.05, 3.63) is 35.4 Å². The second-order valence-electron chi connectivity index (χ2n) is 5.12. The third-order valence-corrected chi connectivity index (χ3v) is 7.41. The molecule has 0 saturated carbocycles. The van der Waals surface area contributed by atoms with Gasteiger partial charge in [-0.25, -0.2) is 0 Å². The van der Waals surface area contributed by atoms with Gasteiger partial charge in [0.1, 0.15) is 5.60 Å². The van der Waals surface area contributed by atoms with E-state index in [9.17, 15) is 5.11 Å². The molecule has 0 aliphatic carbocycles. The van der Waals surface area contributed by atoms with Gasteiger partial charge in [0.05, 0.1) is 4.08 Å². The van der Waals surface area contributed by atoms with Gasteiger partial charge in [0, 0.05) is 0 Å². The fraction of sp³-hybridized carbons (Fsp3) is 0.600. The van der Waals surface area contributed by atoms with Crippen LogP contribution in [0.2, 0.25) is 0 Å². The number of hydrogen-bond donors (Lipinski definition) is 1. The van der Waals surface area contributed by atoms with Crippen LogP contribution in [-0.2, 0) is 12.0 Å². The summed E-state index contributed by atoms with van der Waals surface area (Å²) in [6.07, 6.45) is 2.26. The van der Waals surface area contributed by atoms with Gasteiger partial charge in [0.15, 0.2) is 0 Å². The molecule has 3 heteroatoms. The lowest BCUT2D eigenvalue weighted by Gasteiger charge is -2.44. The third-order valence-electron chi connectivity index (χ3n) is 3.83. The van der Waals surface area contributed by atoms with Gasteiger partial charge in [-0.15, -0.1) is 23.5 Å². The Morgan fingerprint density at radius 2 is 2.00 bits per heavy atom. The molecule has 1 aromatic rings. The van der Waals surface area contributed by atoms with E-state index in [1.807, 2.05) is 30.4 Å². The number of aryl methyl sites for hydroxylation is 1. The molecule has 0 amide bonds. The Hall–Kier alpha value is -0.120. The third kappa shape index (κ3) is 2.59. The summed E-state index contributed by atoms with van der Waals surface area (Å²) in [4.78, 5) is 0. The van der Waals surface area contributed by atoms with Gasteiger partial charge < -0.3 is 5.11 Å². The van der Waals surface area contributed by atoms with Crippen LogP contribution in [0.15, 0.2) is 24.3 Å². The van der Waals surface area contributed by atoms with Crippen LogP contribution in [0.4, 0.5) is 0 Å². The predicted molar refractivity (Wildman–Crippen MR) is 83.3 cm³/mol. The van der Waals surface area contributed by atoms with Crippen molar-refractivity contribution in [3.8, 4) is 0 Å². The van der Waals surface area contributed by atoms with Crippen LogP contribution in [-0.4, -0.2) is 20.7 Å². The van der Waals surface area contributed by atoms with Gasteiger partial charge in [-0.2, -0.15) is 0 Å². The maximum Gasteiger partial charge on any atom is 0.110 e. The molecule has 0 radical (unpaired) electrons. The molecule has 1 fully saturated rings. The van der Waals surface area contributed by atoms with E-state index in [-0.39, 0.29) is 4.08 Å². The van der Waals surface area contributed by atoms with E-state index in [2.05, 4.69) is 38.1 Å². The Morgan fingerprint density at radius 1 is 1.33 bits per heavy atom. The van der Waals surface area contributed by atoms with E-state index >= 15 is 0 Å². The van der Waals surface area contributed by atoms with Crippen LogP contribution in [0.3, 0.4) is 0 Å². The van der Waals surface area contributed by atoms with Gasteiger partial charge in [-0.3, -0.25) is 0 Å². The molecular weight excluding hydrogens is 260 g/mol. The van der Waals surface area contributed by atoms with E-state index in [0.717, 1.165) is 23.5 Å². The Morgan fingerprint density at radius 3 is 2.61 bits per heavy atom. The lowest BCUT2D eigenvalue weighted by atomic mass is 9.90. The Bertz CT molecular complexity index is 409. The first-order valence-electron chi connectivity index (χ1n) is 6.59. The number of thioether (sulfide) groups is 2. The molecule has 1 N–H and O–H groups in total. The Balaban J connectivity index is 2.33. The molecule has 1 aliphatic rings. The summed E-state index contributed by atoms with van der Waals surface area (Å²) < 4.78 is -0.141. The van der Waals surface area contributed by atoms with E-state index in [0.29, 0.717) is 0 Å². The predicted octanol–water partition coefficient (Wildman–Crippen LogP) is 4.04. The number of rotatable bonds is 3. The zero-order chi connectivity index (χ0) is 13.2. The molecule has 1 atom stereocenters. The quantitative estimate of drug-likeness (QED) is 0.903. The lowest BCUT2D eigenvalue weighted by Crippen LogP contribution is -2.44. The zero-order valence-corrected chi connectivity index (χ0v) is 13.0. The van der Waals surface area contributed by atoms with Crippen molar-refractivity contribution >= 4 is 23.5 Å². The molecule has 2 rings (SSSR count). The summed E-state index contributed by atoms with van der Waals surface area (Å²) in [5, 5.41) is 11.0. The van der Waals surface area contributed by atoms with Crippen molar-refractivity contribution in [3.63, 3.8) is 0 Å². The summed E-state index contributed by atoms with van der Waals surface area (Å²) in [5.74, 6) is 2.29. The van der Waals surface area contributed by atoms with Gasteiger partial charge in [-0.05, 0) is 49.3 Å². The van der Waals surface area contributed by atoms with Crippen LogP contribution >= 0.6 is 23.5 Å². The van der Waals surface area contributed by atoms with Gasteiger partial charge in [-0.1, -0.05) is 31.2 Å². The fourth-order valence-corrected chi connectivity index (χ4v) is 5.44. The summed E-state index contributed by atoms with van der Waals surface area (Å²) in [6, 6.07) is 8.40. The topological polar surface area (TPSA) is 20.2 Å². The van der Waals surface area contributed by atoms with Crippen molar-refractivity contribution in [2.24, 2.45) is 0 Å². The largest absolute Gasteiger partial charge is 0.383 e. The molecular formula is C15H22OS2. The number of aliphatic hydroxyl groups is 1. The fourth-order valence-electron chi connectivity index (χ4n) is 2.27. The summed E-state index contributed by atoms with van der Waals surface area (Å²) in [5.41, 5.74) is 1.56. The maximum atomic E-state index is 11.0. The van der Waals surface area contributed by atoms with E-state index in [1.165, 1.54) is 12.0 Å². The van der Waals surface area contributed by atoms with Crippen LogP contribution < -0.4 is 0 Å².